The number of fused-ring (bicyclic) bond motifs is 1. The van der Waals surface area contributed by atoms with Crippen LogP contribution >= 0.6 is 15.9 Å². The van der Waals surface area contributed by atoms with Gasteiger partial charge in [-0.25, -0.2) is 0 Å². The lowest BCUT2D eigenvalue weighted by Crippen LogP contribution is -2.08. The van der Waals surface area contributed by atoms with Gasteiger partial charge in [0.1, 0.15) is 5.76 Å². The molecule has 1 aromatic carbocycles. The highest BCUT2D eigenvalue weighted by Crippen LogP contribution is 2.39. The van der Waals surface area contributed by atoms with Crippen LogP contribution in [0.2, 0.25) is 0 Å². The Morgan fingerprint density at radius 2 is 2.17 bits per heavy atom. The molecular formula is C13H13BrO4. The van der Waals surface area contributed by atoms with Gasteiger partial charge in [-0.3, -0.25) is 4.79 Å². The summed E-state index contributed by atoms with van der Waals surface area (Å²) in [6.07, 6.45) is 0. The van der Waals surface area contributed by atoms with Crippen LogP contribution < -0.4 is 4.74 Å². The average Bonchev–Trinajstić information content (AvgIpc) is 2.71. The van der Waals surface area contributed by atoms with Gasteiger partial charge in [0.25, 0.3) is 0 Å². The zero-order valence-corrected chi connectivity index (χ0v) is 11.9. The van der Waals surface area contributed by atoms with Crippen LogP contribution in [0.5, 0.6) is 5.75 Å². The molecule has 0 aliphatic rings. The Balaban J connectivity index is 2.76. The molecule has 1 atom stereocenters. The second kappa shape index (κ2) is 4.65. The van der Waals surface area contributed by atoms with Gasteiger partial charge in [0.2, 0.25) is 0 Å². The van der Waals surface area contributed by atoms with E-state index in [1.165, 1.54) is 7.11 Å². The number of benzene rings is 1. The Morgan fingerprint density at radius 1 is 1.50 bits per heavy atom. The molecular weight excluding hydrogens is 300 g/mol. The molecule has 0 spiro atoms. The van der Waals surface area contributed by atoms with Gasteiger partial charge in [0, 0.05) is 9.86 Å². The summed E-state index contributed by atoms with van der Waals surface area (Å²) in [4.78, 5) is 11.1. The zero-order chi connectivity index (χ0) is 13.4. The maximum absolute atomic E-state index is 11.1. The number of ether oxygens (including phenoxy) is 1. The quantitative estimate of drug-likeness (QED) is 0.938. The lowest BCUT2D eigenvalue weighted by Gasteiger charge is -2.12. The SMILES string of the molecule is COc1cc(C(C)C(=O)O)c(Br)c2cc(C)oc12. The van der Waals surface area contributed by atoms with Crippen LogP contribution in [0.25, 0.3) is 11.0 Å². The number of hydrogen-bond acceptors (Lipinski definition) is 3. The van der Waals surface area contributed by atoms with E-state index < -0.39 is 11.9 Å². The third-order valence-corrected chi connectivity index (χ3v) is 3.80. The van der Waals surface area contributed by atoms with E-state index in [9.17, 15) is 4.79 Å². The topological polar surface area (TPSA) is 59.7 Å². The Bertz CT molecular complexity index is 615. The number of carboxylic acid groups (broad SMARTS) is 1. The highest BCUT2D eigenvalue weighted by atomic mass is 79.9. The van der Waals surface area contributed by atoms with Gasteiger partial charge in [-0.1, -0.05) is 0 Å². The van der Waals surface area contributed by atoms with E-state index in [0.717, 1.165) is 15.6 Å². The summed E-state index contributed by atoms with van der Waals surface area (Å²) in [6.45, 7) is 3.48. The Kier molecular flexibility index (Phi) is 3.34. The van der Waals surface area contributed by atoms with E-state index in [4.69, 9.17) is 14.3 Å². The predicted molar refractivity (Wildman–Crippen MR) is 71.3 cm³/mol. The number of aryl methyl sites for hydroxylation is 1. The van der Waals surface area contributed by atoms with Crippen molar-refractivity contribution < 1.29 is 19.1 Å². The summed E-state index contributed by atoms with van der Waals surface area (Å²) in [7, 11) is 1.54. The molecule has 1 heterocycles. The highest BCUT2D eigenvalue weighted by molar-refractivity contribution is 9.10. The molecule has 0 aliphatic carbocycles. The molecule has 0 amide bonds. The number of aliphatic carboxylic acids is 1. The van der Waals surface area contributed by atoms with Crippen molar-refractivity contribution in [1.29, 1.82) is 0 Å². The molecule has 0 saturated carbocycles. The molecule has 4 nitrogen and oxygen atoms in total. The molecule has 1 aromatic heterocycles. The lowest BCUT2D eigenvalue weighted by molar-refractivity contribution is -0.138. The summed E-state index contributed by atoms with van der Waals surface area (Å²) in [5.41, 5.74) is 1.30. The molecule has 5 heteroatoms. The summed E-state index contributed by atoms with van der Waals surface area (Å²) < 4.78 is 11.6. The molecule has 1 N–H and O–H groups in total. The van der Waals surface area contributed by atoms with E-state index in [0.29, 0.717) is 16.9 Å². The van der Waals surface area contributed by atoms with Crippen molar-refractivity contribution in [2.24, 2.45) is 0 Å². The van der Waals surface area contributed by atoms with Crippen molar-refractivity contribution >= 4 is 32.9 Å². The largest absolute Gasteiger partial charge is 0.493 e. The fraction of sp³-hybridized carbons (Fsp3) is 0.308. The van der Waals surface area contributed by atoms with Gasteiger partial charge < -0.3 is 14.3 Å². The fourth-order valence-electron chi connectivity index (χ4n) is 1.89. The Labute approximate surface area is 113 Å². The van der Waals surface area contributed by atoms with Crippen molar-refractivity contribution in [3.05, 3.63) is 27.9 Å². The van der Waals surface area contributed by atoms with Crippen LogP contribution in [-0.2, 0) is 4.79 Å². The van der Waals surface area contributed by atoms with Crippen LogP contribution in [0.1, 0.15) is 24.2 Å². The second-order valence-corrected chi connectivity index (χ2v) is 4.93. The first-order valence-corrected chi connectivity index (χ1v) is 6.24. The fourth-order valence-corrected chi connectivity index (χ4v) is 2.64. The van der Waals surface area contributed by atoms with E-state index in [2.05, 4.69) is 15.9 Å². The number of hydrogen-bond donors (Lipinski definition) is 1. The molecule has 0 bridgehead atoms. The molecule has 96 valence electrons. The van der Waals surface area contributed by atoms with Gasteiger partial charge in [0.15, 0.2) is 11.3 Å². The molecule has 0 aliphatic heterocycles. The maximum Gasteiger partial charge on any atom is 0.310 e. The minimum atomic E-state index is -0.877. The molecule has 18 heavy (non-hydrogen) atoms. The summed E-state index contributed by atoms with van der Waals surface area (Å²) in [5.74, 6) is -0.196. The smallest absolute Gasteiger partial charge is 0.310 e. The van der Waals surface area contributed by atoms with Crippen molar-refractivity contribution in [3.63, 3.8) is 0 Å². The van der Waals surface area contributed by atoms with Crippen LogP contribution in [0.4, 0.5) is 0 Å². The first kappa shape index (κ1) is 13.0. The van der Waals surface area contributed by atoms with Crippen LogP contribution in [0.15, 0.2) is 21.0 Å². The molecule has 0 saturated heterocycles. The van der Waals surface area contributed by atoms with Gasteiger partial charge >= 0.3 is 5.97 Å². The van der Waals surface area contributed by atoms with E-state index in [1.807, 2.05) is 13.0 Å². The van der Waals surface area contributed by atoms with Crippen molar-refractivity contribution in [2.75, 3.05) is 7.11 Å². The molecule has 2 rings (SSSR count). The second-order valence-electron chi connectivity index (χ2n) is 4.14. The van der Waals surface area contributed by atoms with Crippen molar-refractivity contribution in [1.82, 2.24) is 0 Å². The maximum atomic E-state index is 11.1. The molecule has 1 unspecified atom stereocenters. The number of furan rings is 1. The molecule has 0 fully saturated rings. The monoisotopic (exact) mass is 312 g/mol. The third kappa shape index (κ3) is 1.99. The van der Waals surface area contributed by atoms with Gasteiger partial charge in [-0.05, 0) is 47.5 Å². The minimum absolute atomic E-state index is 0.546. The van der Waals surface area contributed by atoms with E-state index in [-0.39, 0.29) is 0 Å². The highest BCUT2D eigenvalue weighted by Gasteiger charge is 2.22. The Morgan fingerprint density at radius 3 is 2.72 bits per heavy atom. The number of carbonyl (C=O) groups is 1. The lowest BCUT2D eigenvalue weighted by atomic mass is 9.99. The zero-order valence-electron chi connectivity index (χ0n) is 10.3. The van der Waals surface area contributed by atoms with Gasteiger partial charge in [0.05, 0.1) is 13.0 Å². The van der Waals surface area contributed by atoms with Crippen LogP contribution in [0, 0.1) is 6.92 Å². The summed E-state index contributed by atoms with van der Waals surface area (Å²) in [6, 6.07) is 3.56. The first-order valence-electron chi connectivity index (χ1n) is 5.45. The van der Waals surface area contributed by atoms with E-state index >= 15 is 0 Å². The number of halogens is 1. The standard InChI is InChI=1S/C13H13BrO4/c1-6-4-9-11(14)8(7(2)13(15)16)5-10(17-3)12(9)18-6/h4-5,7H,1-3H3,(H,15,16). The average molecular weight is 313 g/mol. The first-order chi connectivity index (χ1) is 8.45. The van der Waals surface area contributed by atoms with Crippen LogP contribution in [-0.4, -0.2) is 18.2 Å². The number of rotatable bonds is 3. The molecule has 0 radical (unpaired) electrons. The molecule has 2 aromatic rings. The third-order valence-electron chi connectivity index (χ3n) is 2.91. The number of methoxy groups -OCH3 is 1. The summed E-state index contributed by atoms with van der Waals surface area (Å²) >= 11 is 3.45. The van der Waals surface area contributed by atoms with Crippen molar-refractivity contribution in [3.8, 4) is 5.75 Å². The van der Waals surface area contributed by atoms with Crippen molar-refractivity contribution in [2.45, 2.75) is 19.8 Å². The van der Waals surface area contributed by atoms with Gasteiger partial charge in [-0.15, -0.1) is 0 Å². The Hall–Kier alpha value is -1.49. The van der Waals surface area contributed by atoms with Gasteiger partial charge in [-0.2, -0.15) is 0 Å². The van der Waals surface area contributed by atoms with Crippen LogP contribution in [0.3, 0.4) is 0 Å². The minimum Gasteiger partial charge on any atom is -0.493 e. The number of carboxylic acids is 1. The predicted octanol–water partition coefficient (Wildman–Crippen LogP) is 3.70. The van der Waals surface area contributed by atoms with E-state index in [1.54, 1.807) is 13.0 Å². The summed E-state index contributed by atoms with van der Waals surface area (Å²) in [5, 5.41) is 9.94. The normalized spacial score (nSPS) is 12.7.